The molecule has 2 N–H and O–H groups in total. The summed E-state index contributed by atoms with van der Waals surface area (Å²) in [5.74, 6) is 3.31. The molecule has 1 fully saturated rings. The molecule has 0 amide bonds. The summed E-state index contributed by atoms with van der Waals surface area (Å²) in [6.45, 7) is 9.66. The van der Waals surface area contributed by atoms with E-state index in [-0.39, 0.29) is 0 Å². The van der Waals surface area contributed by atoms with Crippen molar-refractivity contribution >= 4 is 17.8 Å². The van der Waals surface area contributed by atoms with Gasteiger partial charge in [0.2, 0.25) is 17.8 Å². The number of aromatic nitrogens is 3. The second-order valence-corrected chi connectivity index (χ2v) is 6.18. The first-order valence-corrected chi connectivity index (χ1v) is 8.02. The lowest BCUT2D eigenvalue weighted by Gasteiger charge is -2.27. The van der Waals surface area contributed by atoms with Crippen LogP contribution in [0.4, 0.5) is 17.8 Å². The van der Waals surface area contributed by atoms with E-state index in [1.807, 2.05) is 7.05 Å². The standard InChI is InChI=1S/C15H28N6/c1-11(2)12(3)10-17-14-18-13(16-4)19-15(20-14)21-8-6-5-7-9-21/h11-12H,5-10H2,1-4H3,(H2,16,17,18,19,20). The molecule has 2 rings (SSSR count). The molecule has 0 saturated carbocycles. The van der Waals surface area contributed by atoms with E-state index in [9.17, 15) is 0 Å². The molecule has 1 aliphatic heterocycles. The van der Waals surface area contributed by atoms with Crippen LogP contribution in [0.2, 0.25) is 0 Å². The highest BCUT2D eigenvalue weighted by molar-refractivity contribution is 5.43. The van der Waals surface area contributed by atoms with E-state index in [1.165, 1.54) is 19.3 Å². The monoisotopic (exact) mass is 292 g/mol. The Morgan fingerprint density at radius 1 is 1.00 bits per heavy atom. The smallest absolute Gasteiger partial charge is 0.231 e. The Balaban J connectivity index is 2.09. The Morgan fingerprint density at radius 2 is 1.67 bits per heavy atom. The van der Waals surface area contributed by atoms with Crippen molar-refractivity contribution in [2.24, 2.45) is 11.8 Å². The summed E-state index contributed by atoms with van der Waals surface area (Å²) in [6, 6.07) is 0. The topological polar surface area (TPSA) is 66.0 Å². The van der Waals surface area contributed by atoms with Gasteiger partial charge in [-0.2, -0.15) is 15.0 Å². The number of nitrogens with zero attached hydrogens (tertiary/aromatic N) is 4. The van der Waals surface area contributed by atoms with Gasteiger partial charge in [0.25, 0.3) is 0 Å². The summed E-state index contributed by atoms with van der Waals surface area (Å²) in [4.78, 5) is 15.7. The average molecular weight is 292 g/mol. The van der Waals surface area contributed by atoms with Gasteiger partial charge in [0.1, 0.15) is 0 Å². The van der Waals surface area contributed by atoms with Gasteiger partial charge in [0, 0.05) is 26.7 Å². The summed E-state index contributed by atoms with van der Waals surface area (Å²) in [7, 11) is 1.84. The number of hydrogen-bond acceptors (Lipinski definition) is 6. The molecule has 118 valence electrons. The molecule has 6 nitrogen and oxygen atoms in total. The van der Waals surface area contributed by atoms with E-state index in [0.29, 0.717) is 23.7 Å². The van der Waals surface area contributed by atoms with Gasteiger partial charge >= 0.3 is 0 Å². The molecular formula is C15H28N6. The van der Waals surface area contributed by atoms with Crippen molar-refractivity contribution in [1.29, 1.82) is 0 Å². The highest BCUT2D eigenvalue weighted by Crippen LogP contribution is 2.19. The van der Waals surface area contributed by atoms with E-state index in [0.717, 1.165) is 25.6 Å². The Hall–Kier alpha value is -1.59. The minimum Gasteiger partial charge on any atom is -0.357 e. The molecule has 0 aliphatic carbocycles. The summed E-state index contributed by atoms with van der Waals surface area (Å²) in [5.41, 5.74) is 0. The van der Waals surface area contributed by atoms with Crippen LogP contribution in [0.1, 0.15) is 40.0 Å². The molecule has 6 heteroatoms. The Kier molecular flexibility index (Phi) is 5.59. The largest absolute Gasteiger partial charge is 0.357 e. The van der Waals surface area contributed by atoms with Crippen LogP contribution in [-0.2, 0) is 0 Å². The summed E-state index contributed by atoms with van der Waals surface area (Å²) in [5, 5.41) is 6.38. The van der Waals surface area contributed by atoms with Crippen LogP contribution in [0.3, 0.4) is 0 Å². The fourth-order valence-electron chi connectivity index (χ4n) is 2.28. The fraction of sp³-hybridized carbons (Fsp3) is 0.800. The van der Waals surface area contributed by atoms with Crippen molar-refractivity contribution in [3.8, 4) is 0 Å². The third kappa shape index (κ3) is 4.44. The van der Waals surface area contributed by atoms with Crippen molar-refractivity contribution in [1.82, 2.24) is 15.0 Å². The van der Waals surface area contributed by atoms with Crippen molar-refractivity contribution in [3.05, 3.63) is 0 Å². The number of nitrogens with one attached hydrogen (secondary N) is 2. The molecule has 1 aromatic heterocycles. The van der Waals surface area contributed by atoms with Crippen LogP contribution in [-0.4, -0.2) is 41.6 Å². The Morgan fingerprint density at radius 3 is 2.29 bits per heavy atom. The maximum absolute atomic E-state index is 4.59. The second-order valence-electron chi connectivity index (χ2n) is 6.18. The number of anilines is 3. The Bertz CT molecular complexity index is 442. The first-order valence-electron chi connectivity index (χ1n) is 8.02. The quantitative estimate of drug-likeness (QED) is 0.840. The van der Waals surface area contributed by atoms with E-state index in [4.69, 9.17) is 0 Å². The first kappa shape index (κ1) is 15.8. The molecule has 21 heavy (non-hydrogen) atoms. The lowest BCUT2D eigenvalue weighted by atomic mass is 9.98. The number of piperidine rings is 1. The summed E-state index contributed by atoms with van der Waals surface area (Å²) in [6.07, 6.45) is 3.74. The van der Waals surface area contributed by atoms with Crippen LogP contribution in [0.25, 0.3) is 0 Å². The normalized spacial score (nSPS) is 16.9. The van der Waals surface area contributed by atoms with Gasteiger partial charge in [-0.1, -0.05) is 20.8 Å². The Labute approximate surface area is 127 Å². The van der Waals surface area contributed by atoms with Crippen LogP contribution < -0.4 is 15.5 Å². The van der Waals surface area contributed by atoms with Gasteiger partial charge in [0.05, 0.1) is 0 Å². The fourth-order valence-corrected chi connectivity index (χ4v) is 2.28. The highest BCUT2D eigenvalue weighted by Gasteiger charge is 2.16. The molecule has 0 spiro atoms. The second kappa shape index (κ2) is 7.43. The number of hydrogen-bond donors (Lipinski definition) is 2. The average Bonchev–Trinajstić information content (AvgIpc) is 2.52. The van der Waals surface area contributed by atoms with Crippen molar-refractivity contribution < 1.29 is 0 Å². The molecule has 1 saturated heterocycles. The van der Waals surface area contributed by atoms with Crippen LogP contribution in [0, 0.1) is 11.8 Å². The molecule has 1 aromatic rings. The van der Waals surface area contributed by atoms with Gasteiger partial charge in [-0.3, -0.25) is 0 Å². The van der Waals surface area contributed by atoms with Gasteiger partial charge in [-0.05, 0) is 31.1 Å². The molecule has 1 unspecified atom stereocenters. The van der Waals surface area contributed by atoms with Gasteiger partial charge < -0.3 is 15.5 Å². The lowest BCUT2D eigenvalue weighted by molar-refractivity contribution is 0.439. The van der Waals surface area contributed by atoms with Crippen molar-refractivity contribution in [3.63, 3.8) is 0 Å². The van der Waals surface area contributed by atoms with E-state index < -0.39 is 0 Å². The molecule has 0 bridgehead atoms. The maximum Gasteiger partial charge on any atom is 0.231 e. The third-order valence-electron chi connectivity index (χ3n) is 4.21. The highest BCUT2D eigenvalue weighted by atomic mass is 15.3. The zero-order valence-corrected chi connectivity index (χ0v) is 13.7. The first-order chi connectivity index (χ1) is 10.1. The van der Waals surface area contributed by atoms with Gasteiger partial charge in [0.15, 0.2) is 0 Å². The van der Waals surface area contributed by atoms with Crippen molar-refractivity contribution in [2.45, 2.75) is 40.0 Å². The SMILES string of the molecule is CNc1nc(NCC(C)C(C)C)nc(N2CCCCC2)n1. The molecule has 1 aliphatic rings. The van der Waals surface area contributed by atoms with E-state index in [1.54, 1.807) is 0 Å². The summed E-state index contributed by atoms with van der Waals surface area (Å²) >= 11 is 0. The number of rotatable bonds is 6. The van der Waals surface area contributed by atoms with E-state index in [2.05, 4.69) is 51.3 Å². The van der Waals surface area contributed by atoms with Crippen molar-refractivity contribution in [2.75, 3.05) is 42.2 Å². The predicted molar refractivity (Wildman–Crippen MR) is 87.9 cm³/mol. The molecule has 1 atom stereocenters. The maximum atomic E-state index is 4.59. The molecule has 2 heterocycles. The van der Waals surface area contributed by atoms with Crippen LogP contribution in [0.5, 0.6) is 0 Å². The van der Waals surface area contributed by atoms with Crippen LogP contribution >= 0.6 is 0 Å². The van der Waals surface area contributed by atoms with Crippen LogP contribution in [0.15, 0.2) is 0 Å². The van der Waals surface area contributed by atoms with Gasteiger partial charge in [-0.25, -0.2) is 0 Å². The third-order valence-corrected chi connectivity index (χ3v) is 4.21. The minimum absolute atomic E-state index is 0.582. The van der Waals surface area contributed by atoms with Gasteiger partial charge in [-0.15, -0.1) is 0 Å². The lowest BCUT2D eigenvalue weighted by Crippen LogP contribution is -2.31. The molecule has 0 aromatic carbocycles. The zero-order valence-electron chi connectivity index (χ0n) is 13.7. The summed E-state index contributed by atoms with van der Waals surface area (Å²) < 4.78 is 0. The molecule has 0 radical (unpaired) electrons. The predicted octanol–water partition coefficient (Wildman–Crippen LogP) is 2.61. The zero-order chi connectivity index (χ0) is 15.2. The van der Waals surface area contributed by atoms with E-state index >= 15 is 0 Å². The molecular weight excluding hydrogens is 264 g/mol. The minimum atomic E-state index is 0.582.